The number of alkyl halides is 3. The van der Waals surface area contributed by atoms with Crippen LogP contribution in [0, 0.1) is 0 Å². The van der Waals surface area contributed by atoms with Crippen molar-refractivity contribution in [1.29, 1.82) is 0 Å². The van der Waals surface area contributed by atoms with Gasteiger partial charge in [-0.15, -0.1) is 0 Å². The molecule has 1 N–H and O–H groups in total. The van der Waals surface area contributed by atoms with Crippen molar-refractivity contribution in [1.82, 2.24) is 9.62 Å². The number of hydrogen-bond acceptors (Lipinski definition) is 3. The summed E-state index contributed by atoms with van der Waals surface area (Å²) in [7, 11) is -2.67. The lowest BCUT2D eigenvalue weighted by molar-refractivity contribution is -0.121. The Morgan fingerprint density at radius 3 is 2.48 bits per heavy atom. The lowest BCUT2D eigenvalue weighted by atomic mass is 9.94. The summed E-state index contributed by atoms with van der Waals surface area (Å²) in [4.78, 5) is 13.8. The second-order valence-corrected chi connectivity index (χ2v) is 7.94. The van der Waals surface area contributed by atoms with E-state index in [0.717, 1.165) is 44.2 Å². The van der Waals surface area contributed by atoms with E-state index in [1.807, 2.05) is 0 Å². The number of benzene rings is 1. The number of nitrogens with one attached hydrogen (secondary N) is 1. The van der Waals surface area contributed by atoms with Gasteiger partial charge >= 0.3 is 6.18 Å². The van der Waals surface area contributed by atoms with Crippen LogP contribution in [0.25, 0.3) is 0 Å². The van der Waals surface area contributed by atoms with E-state index in [1.54, 1.807) is 11.9 Å². The Bertz CT molecular complexity index is 714. The number of nitrogens with zero attached hydrogens (tertiary/aromatic N) is 1. The molecule has 1 aliphatic carbocycles. The van der Waals surface area contributed by atoms with E-state index in [9.17, 15) is 26.4 Å². The molecule has 1 saturated carbocycles. The Balaban J connectivity index is 2.15. The lowest BCUT2D eigenvalue weighted by Crippen LogP contribution is -2.38. The van der Waals surface area contributed by atoms with Crippen LogP contribution in [0.1, 0.15) is 42.5 Å². The summed E-state index contributed by atoms with van der Waals surface area (Å²) >= 11 is 0. The SMILES string of the molecule is CN(C(=O)c1cccc(S(=O)(=O)NCC(F)(F)F)c1)C1CCCCC1. The summed E-state index contributed by atoms with van der Waals surface area (Å²) in [6.45, 7) is -1.66. The molecule has 2 rings (SSSR count). The highest BCUT2D eigenvalue weighted by molar-refractivity contribution is 7.89. The highest BCUT2D eigenvalue weighted by Crippen LogP contribution is 2.23. The molecule has 0 saturated heterocycles. The Morgan fingerprint density at radius 2 is 1.88 bits per heavy atom. The number of amides is 1. The lowest BCUT2D eigenvalue weighted by Gasteiger charge is -2.31. The van der Waals surface area contributed by atoms with Crippen molar-refractivity contribution >= 4 is 15.9 Å². The van der Waals surface area contributed by atoms with Crippen LogP contribution < -0.4 is 4.72 Å². The topological polar surface area (TPSA) is 66.5 Å². The molecule has 140 valence electrons. The fourth-order valence-electron chi connectivity index (χ4n) is 2.89. The van der Waals surface area contributed by atoms with Gasteiger partial charge in [-0.25, -0.2) is 13.1 Å². The molecule has 0 radical (unpaired) electrons. The summed E-state index contributed by atoms with van der Waals surface area (Å²) < 4.78 is 62.2. The van der Waals surface area contributed by atoms with Gasteiger partial charge in [-0.05, 0) is 31.0 Å². The first-order chi connectivity index (χ1) is 11.6. The van der Waals surface area contributed by atoms with Crippen LogP contribution in [-0.2, 0) is 10.0 Å². The van der Waals surface area contributed by atoms with E-state index in [2.05, 4.69) is 0 Å². The number of carbonyl (C=O) groups is 1. The number of hydrogen-bond donors (Lipinski definition) is 1. The van der Waals surface area contributed by atoms with E-state index >= 15 is 0 Å². The normalized spacial score (nSPS) is 16.6. The fourth-order valence-corrected chi connectivity index (χ4v) is 3.95. The largest absolute Gasteiger partial charge is 0.402 e. The maximum atomic E-state index is 12.6. The highest BCUT2D eigenvalue weighted by atomic mass is 32.2. The Morgan fingerprint density at radius 1 is 1.24 bits per heavy atom. The summed E-state index contributed by atoms with van der Waals surface area (Å²) in [6, 6.07) is 5.19. The number of rotatable bonds is 5. The quantitative estimate of drug-likeness (QED) is 0.857. The first kappa shape index (κ1) is 19.7. The number of sulfonamides is 1. The van der Waals surface area contributed by atoms with E-state index in [4.69, 9.17) is 0 Å². The Hall–Kier alpha value is -1.61. The van der Waals surface area contributed by atoms with Crippen LogP contribution in [0.3, 0.4) is 0 Å². The summed E-state index contributed by atoms with van der Waals surface area (Å²) in [5, 5.41) is 0. The van der Waals surface area contributed by atoms with Crippen LogP contribution in [0.5, 0.6) is 0 Å². The maximum Gasteiger partial charge on any atom is 0.402 e. The van der Waals surface area contributed by atoms with Gasteiger partial charge in [0, 0.05) is 18.7 Å². The third-order valence-corrected chi connectivity index (χ3v) is 5.70. The minimum atomic E-state index is -4.65. The minimum absolute atomic E-state index is 0.102. The number of carbonyl (C=O) groups excluding carboxylic acids is 1. The predicted molar refractivity (Wildman–Crippen MR) is 86.7 cm³/mol. The van der Waals surface area contributed by atoms with Crippen molar-refractivity contribution in [3.05, 3.63) is 29.8 Å². The van der Waals surface area contributed by atoms with E-state index < -0.39 is 22.7 Å². The minimum Gasteiger partial charge on any atom is -0.339 e. The molecule has 9 heteroatoms. The van der Waals surface area contributed by atoms with E-state index in [-0.39, 0.29) is 22.4 Å². The maximum absolute atomic E-state index is 12.6. The molecular formula is C16H21F3N2O3S. The van der Waals surface area contributed by atoms with E-state index in [1.165, 1.54) is 16.9 Å². The third-order valence-electron chi connectivity index (χ3n) is 4.30. The molecule has 0 bridgehead atoms. The molecule has 1 fully saturated rings. The van der Waals surface area contributed by atoms with Crippen molar-refractivity contribution in [2.75, 3.05) is 13.6 Å². The van der Waals surface area contributed by atoms with Gasteiger partial charge in [-0.2, -0.15) is 13.2 Å². The van der Waals surface area contributed by atoms with Gasteiger partial charge < -0.3 is 4.90 Å². The first-order valence-corrected chi connectivity index (χ1v) is 9.52. The van der Waals surface area contributed by atoms with Crippen LogP contribution in [0.2, 0.25) is 0 Å². The second kappa shape index (κ2) is 7.74. The molecule has 1 aromatic carbocycles. The van der Waals surface area contributed by atoms with Crippen LogP contribution in [-0.4, -0.2) is 45.0 Å². The highest BCUT2D eigenvalue weighted by Gasteiger charge is 2.30. The standard InChI is InChI=1S/C16H21F3N2O3S/c1-21(13-7-3-2-4-8-13)15(22)12-6-5-9-14(10-12)25(23,24)20-11-16(17,18)19/h5-6,9-10,13,20H,2-4,7-8,11H2,1H3. The van der Waals surface area contributed by atoms with Gasteiger partial charge in [0.25, 0.3) is 5.91 Å². The Kier molecular flexibility index (Phi) is 6.10. The molecule has 0 aromatic heterocycles. The average molecular weight is 378 g/mol. The Labute approximate surface area is 145 Å². The van der Waals surface area contributed by atoms with Crippen molar-refractivity contribution in [2.45, 2.75) is 49.2 Å². The molecule has 1 aromatic rings. The fraction of sp³-hybridized carbons (Fsp3) is 0.562. The van der Waals surface area contributed by atoms with Gasteiger partial charge in [-0.1, -0.05) is 25.3 Å². The smallest absolute Gasteiger partial charge is 0.339 e. The summed E-state index contributed by atoms with van der Waals surface area (Å²) in [6.07, 6.45) is 0.357. The molecule has 1 aliphatic rings. The van der Waals surface area contributed by atoms with Crippen molar-refractivity contribution in [2.24, 2.45) is 0 Å². The molecular weight excluding hydrogens is 357 g/mol. The molecule has 0 heterocycles. The van der Waals surface area contributed by atoms with Crippen molar-refractivity contribution < 1.29 is 26.4 Å². The monoisotopic (exact) mass is 378 g/mol. The zero-order valence-electron chi connectivity index (χ0n) is 13.8. The number of halogens is 3. The average Bonchev–Trinajstić information content (AvgIpc) is 2.59. The van der Waals surface area contributed by atoms with Gasteiger partial charge in [0.1, 0.15) is 6.54 Å². The van der Waals surface area contributed by atoms with Crippen LogP contribution in [0.15, 0.2) is 29.2 Å². The molecule has 25 heavy (non-hydrogen) atoms. The molecule has 5 nitrogen and oxygen atoms in total. The van der Waals surface area contributed by atoms with Crippen molar-refractivity contribution in [3.8, 4) is 0 Å². The van der Waals surface area contributed by atoms with E-state index in [0.29, 0.717) is 0 Å². The molecule has 0 atom stereocenters. The molecule has 0 spiro atoms. The van der Waals surface area contributed by atoms with Crippen LogP contribution in [0.4, 0.5) is 13.2 Å². The summed E-state index contributed by atoms with van der Waals surface area (Å²) in [5.74, 6) is -0.334. The van der Waals surface area contributed by atoms with Gasteiger partial charge in [-0.3, -0.25) is 4.79 Å². The zero-order valence-corrected chi connectivity index (χ0v) is 14.7. The second-order valence-electron chi connectivity index (χ2n) is 6.18. The van der Waals surface area contributed by atoms with Gasteiger partial charge in [0.2, 0.25) is 10.0 Å². The van der Waals surface area contributed by atoms with Crippen molar-refractivity contribution in [3.63, 3.8) is 0 Å². The van der Waals surface area contributed by atoms with Gasteiger partial charge in [0.15, 0.2) is 0 Å². The molecule has 1 amide bonds. The van der Waals surface area contributed by atoms with Crippen LogP contribution >= 0.6 is 0 Å². The zero-order chi connectivity index (χ0) is 18.7. The predicted octanol–water partition coefficient (Wildman–Crippen LogP) is 2.93. The molecule has 0 aliphatic heterocycles. The third kappa shape index (κ3) is 5.43. The first-order valence-electron chi connectivity index (χ1n) is 8.04. The molecule has 0 unspecified atom stereocenters. The summed E-state index contributed by atoms with van der Waals surface area (Å²) in [5.41, 5.74) is 0.142. The van der Waals surface area contributed by atoms with Gasteiger partial charge in [0.05, 0.1) is 4.90 Å².